The van der Waals surface area contributed by atoms with Gasteiger partial charge >= 0.3 is 6.18 Å². The van der Waals surface area contributed by atoms with Gasteiger partial charge in [-0.3, -0.25) is 13.9 Å². The van der Waals surface area contributed by atoms with Crippen molar-refractivity contribution in [2.24, 2.45) is 0 Å². The standard InChI is InChI=1S/C24H25F3N6O7/c1-13-8-14(9-17(35)19(13)22(38)28-3-6-39-7-5-34)40-23-21-30-10-16(33(21)4-2-29-23)15-11-32(12-18(36)37)31-20(15)24(25,26)27/h2,4,8-11,18,34-37H,3,5-7,12H2,1H3,(H,28,38). The molecule has 5 N–H and O–H groups in total. The Labute approximate surface area is 224 Å². The zero-order valence-electron chi connectivity index (χ0n) is 21.0. The van der Waals surface area contributed by atoms with Crippen LogP contribution < -0.4 is 10.1 Å². The molecule has 1 amide bonds. The molecule has 16 heteroatoms. The van der Waals surface area contributed by atoms with E-state index in [1.165, 1.54) is 28.9 Å². The monoisotopic (exact) mass is 566 g/mol. The van der Waals surface area contributed by atoms with E-state index in [0.29, 0.717) is 5.56 Å². The van der Waals surface area contributed by atoms with Gasteiger partial charge in [0.2, 0.25) is 5.65 Å². The number of carbonyl (C=O) groups is 1. The normalized spacial score (nSPS) is 11.9. The highest BCUT2D eigenvalue weighted by Crippen LogP contribution is 2.37. The number of nitrogens with zero attached hydrogens (tertiary/aromatic N) is 5. The molecule has 0 radical (unpaired) electrons. The van der Waals surface area contributed by atoms with E-state index in [2.05, 4.69) is 20.4 Å². The lowest BCUT2D eigenvalue weighted by molar-refractivity contribution is -0.141. The van der Waals surface area contributed by atoms with Gasteiger partial charge in [-0.25, -0.2) is 9.97 Å². The summed E-state index contributed by atoms with van der Waals surface area (Å²) >= 11 is 0. The van der Waals surface area contributed by atoms with Crippen LogP contribution in [0.1, 0.15) is 21.6 Å². The average molecular weight is 566 g/mol. The number of aliphatic hydroxyl groups is 3. The zero-order chi connectivity index (χ0) is 29.0. The number of hydrogen-bond acceptors (Lipinski definition) is 10. The highest BCUT2D eigenvalue weighted by Gasteiger charge is 2.38. The molecule has 0 aliphatic carbocycles. The predicted molar refractivity (Wildman–Crippen MR) is 131 cm³/mol. The van der Waals surface area contributed by atoms with Gasteiger partial charge in [-0.1, -0.05) is 0 Å². The number of phenolic OH excluding ortho intramolecular Hbond substituents is 1. The molecule has 214 valence electrons. The maximum absolute atomic E-state index is 13.7. The van der Waals surface area contributed by atoms with Crippen molar-refractivity contribution in [3.8, 4) is 28.6 Å². The van der Waals surface area contributed by atoms with E-state index in [4.69, 9.17) is 24.8 Å². The fraction of sp³-hybridized carbons (Fsp3) is 0.333. The summed E-state index contributed by atoms with van der Waals surface area (Å²) in [6, 6.07) is 2.66. The molecule has 0 unspecified atom stereocenters. The number of aryl methyl sites for hydroxylation is 1. The Balaban J connectivity index is 1.61. The summed E-state index contributed by atoms with van der Waals surface area (Å²) in [6.45, 7) is 1.30. The van der Waals surface area contributed by atoms with Gasteiger partial charge in [0.1, 0.15) is 11.5 Å². The van der Waals surface area contributed by atoms with Crippen LogP contribution in [0.3, 0.4) is 0 Å². The highest BCUT2D eigenvalue weighted by atomic mass is 19.4. The first-order chi connectivity index (χ1) is 19.0. The Hall–Kier alpha value is -4.25. The second-order valence-electron chi connectivity index (χ2n) is 8.49. The van der Waals surface area contributed by atoms with E-state index >= 15 is 0 Å². The maximum Gasteiger partial charge on any atom is 0.435 e. The summed E-state index contributed by atoms with van der Waals surface area (Å²) < 4.78 is 54.0. The zero-order valence-corrected chi connectivity index (χ0v) is 21.0. The fourth-order valence-electron chi connectivity index (χ4n) is 3.94. The van der Waals surface area contributed by atoms with E-state index in [0.717, 1.165) is 17.1 Å². The lowest BCUT2D eigenvalue weighted by atomic mass is 10.1. The van der Waals surface area contributed by atoms with Gasteiger partial charge in [-0.15, -0.1) is 0 Å². The Morgan fingerprint density at radius 2 is 1.98 bits per heavy atom. The van der Waals surface area contributed by atoms with Gasteiger partial charge < -0.3 is 35.2 Å². The lowest BCUT2D eigenvalue weighted by Crippen LogP contribution is -2.28. The van der Waals surface area contributed by atoms with E-state index in [9.17, 15) is 23.1 Å². The molecule has 3 heterocycles. The molecule has 0 aliphatic heterocycles. The molecular formula is C24H25F3N6O7. The molecule has 0 saturated carbocycles. The Kier molecular flexibility index (Phi) is 8.53. The van der Waals surface area contributed by atoms with Crippen LogP contribution >= 0.6 is 0 Å². The molecule has 3 aromatic heterocycles. The van der Waals surface area contributed by atoms with Crippen LogP contribution in [0.4, 0.5) is 13.2 Å². The fourth-order valence-corrected chi connectivity index (χ4v) is 3.94. The first-order valence-electron chi connectivity index (χ1n) is 11.8. The quantitative estimate of drug-likeness (QED) is 0.132. The Morgan fingerprint density at radius 3 is 2.65 bits per heavy atom. The number of phenols is 1. The summed E-state index contributed by atoms with van der Waals surface area (Å²) in [4.78, 5) is 20.8. The van der Waals surface area contributed by atoms with Crippen molar-refractivity contribution in [1.29, 1.82) is 0 Å². The van der Waals surface area contributed by atoms with E-state index < -0.39 is 30.6 Å². The van der Waals surface area contributed by atoms with Crippen molar-refractivity contribution in [2.45, 2.75) is 25.9 Å². The Bertz CT molecular complexity index is 1480. The summed E-state index contributed by atoms with van der Waals surface area (Å²) in [7, 11) is 0. The molecule has 4 rings (SSSR count). The van der Waals surface area contributed by atoms with Crippen LogP contribution in [-0.4, -0.2) is 83.1 Å². The number of fused-ring (bicyclic) bond motifs is 1. The highest BCUT2D eigenvalue weighted by molar-refractivity contribution is 5.98. The number of nitrogens with one attached hydrogen (secondary N) is 1. The van der Waals surface area contributed by atoms with Crippen LogP contribution in [0.5, 0.6) is 17.4 Å². The number of imidazole rings is 1. The van der Waals surface area contributed by atoms with Crippen molar-refractivity contribution in [2.75, 3.05) is 26.4 Å². The smallest absolute Gasteiger partial charge is 0.435 e. The molecule has 0 fully saturated rings. The number of benzene rings is 1. The van der Waals surface area contributed by atoms with Gasteiger partial charge in [0.05, 0.1) is 49.4 Å². The number of ether oxygens (including phenoxy) is 2. The number of carbonyl (C=O) groups excluding carboxylic acids is 1. The van der Waals surface area contributed by atoms with Crippen LogP contribution in [0.15, 0.2) is 36.9 Å². The summed E-state index contributed by atoms with van der Waals surface area (Å²) in [6.07, 6.45) is -1.93. The van der Waals surface area contributed by atoms with Crippen molar-refractivity contribution < 1.29 is 47.9 Å². The minimum Gasteiger partial charge on any atom is -0.507 e. The van der Waals surface area contributed by atoms with Gasteiger partial charge in [-0.2, -0.15) is 18.3 Å². The second-order valence-corrected chi connectivity index (χ2v) is 8.49. The predicted octanol–water partition coefficient (Wildman–Crippen LogP) is 1.47. The van der Waals surface area contributed by atoms with Crippen molar-refractivity contribution in [3.63, 3.8) is 0 Å². The summed E-state index contributed by atoms with van der Waals surface area (Å²) in [5.74, 6) is -0.948. The molecule has 40 heavy (non-hydrogen) atoms. The topological polar surface area (TPSA) is 176 Å². The molecule has 0 bridgehead atoms. The van der Waals surface area contributed by atoms with Crippen LogP contribution in [0.25, 0.3) is 16.9 Å². The van der Waals surface area contributed by atoms with Gasteiger partial charge in [0.15, 0.2) is 12.0 Å². The SMILES string of the molecule is Cc1cc(Oc2nccn3c(-c4cn(CC(O)O)nc4C(F)(F)F)cnc23)cc(O)c1C(=O)NCCOCCO. The van der Waals surface area contributed by atoms with Gasteiger partial charge in [0.25, 0.3) is 11.8 Å². The third kappa shape index (κ3) is 6.31. The number of amides is 1. The lowest BCUT2D eigenvalue weighted by Gasteiger charge is -2.13. The number of hydrogen-bond donors (Lipinski definition) is 5. The van der Waals surface area contributed by atoms with Crippen molar-refractivity contribution in [3.05, 3.63) is 53.7 Å². The minimum absolute atomic E-state index is 0.00784. The summed E-state index contributed by atoms with van der Waals surface area (Å²) in [5, 5.41) is 43.6. The third-order valence-electron chi connectivity index (χ3n) is 5.55. The number of aliphatic hydroxyl groups excluding tert-OH is 2. The van der Waals surface area contributed by atoms with Crippen LogP contribution in [0.2, 0.25) is 0 Å². The van der Waals surface area contributed by atoms with Crippen LogP contribution in [0, 0.1) is 6.92 Å². The van der Waals surface area contributed by atoms with E-state index in [-0.39, 0.29) is 66.2 Å². The Morgan fingerprint density at radius 1 is 1.20 bits per heavy atom. The first-order valence-corrected chi connectivity index (χ1v) is 11.8. The van der Waals surface area contributed by atoms with Gasteiger partial charge in [-0.05, 0) is 18.6 Å². The number of halogens is 3. The third-order valence-corrected chi connectivity index (χ3v) is 5.55. The maximum atomic E-state index is 13.7. The van der Waals surface area contributed by atoms with Crippen LogP contribution in [-0.2, 0) is 17.5 Å². The minimum atomic E-state index is -4.84. The van der Waals surface area contributed by atoms with Crippen molar-refractivity contribution in [1.82, 2.24) is 29.5 Å². The number of alkyl halides is 3. The molecule has 13 nitrogen and oxygen atoms in total. The van der Waals surface area contributed by atoms with E-state index in [1.54, 1.807) is 6.92 Å². The summed E-state index contributed by atoms with van der Waals surface area (Å²) in [5.41, 5.74) is -1.20. The molecule has 4 aromatic rings. The molecule has 0 atom stereocenters. The largest absolute Gasteiger partial charge is 0.507 e. The average Bonchev–Trinajstić information content (AvgIpc) is 3.48. The molecule has 0 spiro atoms. The van der Waals surface area contributed by atoms with Crippen molar-refractivity contribution >= 4 is 11.6 Å². The van der Waals surface area contributed by atoms with E-state index in [1.807, 2.05) is 0 Å². The number of aromatic nitrogens is 5. The first kappa shape index (κ1) is 28.8. The van der Waals surface area contributed by atoms with Gasteiger partial charge in [0, 0.05) is 31.2 Å². The second kappa shape index (κ2) is 11.9. The molecular weight excluding hydrogens is 541 g/mol. The molecule has 0 aliphatic rings. The number of aromatic hydroxyl groups is 1. The number of rotatable bonds is 11. The molecule has 1 aromatic carbocycles. The molecule has 0 saturated heterocycles.